The molecule has 0 amide bonds. The molecule has 0 radical (unpaired) electrons. The van der Waals surface area contributed by atoms with Crippen molar-refractivity contribution < 1.29 is 8.42 Å². The van der Waals surface area contributed by atoms with Crippen molar-refractivity contribution in [3.8, 4) is 0 Å². The fourth-order valence-corrected chi connectivity index (χ4v) is 4.12. The fourth-order valence-electron chi connectivity index (χ4n) is 3.28. The SMILES string of the molecule is C=C(C)[C@@H]1CC=C(CN2CCC(NS(C)(=O)=O)CC2)CC1. The number of piperidine rings is 1. The van der Waals surface area contributed by atoms with Crippen LogP contribution in [0.15, 0.2) is 23.8 Å². The molecule has 0 saturated carbocycles. The maximum absolute atomic E-state index is 11.2. The molecular weight excluding hydrogens is 284 g/mol. The van der Waals surface area contributed by atoms with Gasteiger partial charge in [0.1, 0.15) is 0 Å². The van der Waals surface area contributed by atoms with Crippen molar-refractivity contribution in [3.05, 3.63) is 23.8 Å². The Kier molecular flexibility index (Phi) is 5.63. The summed E-state index contributed by atoms with van der Waals surface area (Å²) in [4.78, 5) is 2.45. The van der Waals surface area contributed by atoms with Gasteiger partial charge >= 0.3 is 0 Å². The Bertz CT molecular complexity index is 502. The van der Waals surface area contributed by atoms with Gasteiger partial charge in [-0.1, -0.05) is 23.8 Å². The van der Waals surface area contributed by atoms with Crippen LogP contribution in [-0.2, 0) is 10.0 Å². The van der Waals surface area contributed by atoms with Gasteiger partial charge in [-0.15, -0.1) is 0 Å². The second-order valence-electron chi connectivity index (χ2n) is 6.62. The van der Waals surface area contributed by atoms with E-state index in [1.165, 1.54) is 24.7 Å². The molecule has 0 unspecified atom stereocenters. The van der Waals surface area contributed by atoms with Crippen LogP contribution in [0.4, 0.5) is 0 Å². The molecule has 1 N–H and O–H groups in total. The molecule has 1 heterocycles. The average molecular weight is 312 g/mol. The zero-order valence-corrected chi connectivity index (χ0v) is 14.1. The molecule has 0 spiro atoms. The second-order valence-corrected chi connectivity index (χ2v) is 8.40. The number of likely N-dealkylation sites (tertiary alicyclic amines) is 1. The van der Waals surface area contributed by atoms with E-state index >= 15 is 0 Å². The third kappa shape index (κ3) is 5.57. The summed E-state index contributed by atoms with van der Waals surface area (Å²) in [5, 5.41) is 0. The van der Waals surface area contributed by atoms with E-state index in [9.17, 15) is 8.42 Å². The van der Waals surface area contributed by atoms with E-state index < -0.39 is 10.0 Å². The number of allylic oxidation sites excluding steroid dienone is 2. The third-order valence-corrected chi connectivity index (χ3v) is 5.36. The monoisotopic (exact) mass is 312 g/mol. The van der Waals surface area contributed by atoms with Crippen LogP contribution in [0.25, 0.3) is 0 Å². The summed E-state index contributed by atoms with van der Waals surface area (Å²) in [6.45, 7) is 9.20. The van der Waals surface area contributed by atoms with Crippen LogP contribution < -0.4 is 4.72 Å². The van der Waals surface area contributed by atoms with Gasteiger partial charge in [0.15, 0.2) is 0 Å². The normalized spacial score (nSPS) is 25.6. The highest BCUT2D eigenvalue weighted by molar-refractivity contribution is 7.88. The van der Waals surface area contributed by atoms with Crippen molar-refractivity contribution >= 4 is 10.0 Å². The van der Waals surface area contributed by atoms with Crippen molar-refractivity contribution in [1.29, 1.82) is 0 Å². The molecule has 5 heteroatoms. The van der Waals surface area contributed by atoms with Crippen molar-refractivity contribution in [3.63, 3.8) is 0 Å². The summed E-state index contributed by atoms with van der Waals surface area (Å²) in [6.07, 6.45) is 9.00. The Hall–Kier alpha value is -0.650. The Morgan fingerprint density at radius 1 is 1.38 bits per heavy atom. The zero-order chi connectivity index (χ0) is 15.5. The molecule has 0 bridgehead atoms. The quantitative estimate of drug-likeness (QED) is 0.793. The Morgan fingerprint density at radius 2 is 2.05 bits per heavy atom. The van der Waals surface area contributed by atoms with Gasteiger partial charge in [0, 0.05) is 12.6 Å². The van der Waals surface area contributed by atoms with Gasteiger partial charge in [0.05, 0.1) is 6.26 Å². The van der Waals surface area contributed by atoms with E-state index in [2.05, 4.69) is 29.2 Å². The van der Waals surface area contributed by atoms with Gasteiger partial charge in [0.25, 0.3) is 0 Å². The zero-order valence-electron chi connectivity index (χ0n) is 13.3. The molecule has 1 fully saturated rings. The molecule has 1 aliphatic heterocycles. The highest BCUT2D eigenvalue weighted by Crippen LogP contribution is 2.28. The van der Waals surface area contributed by atoms with Gasteiger partial charge in [0.2, 0.25) is 10.0 Å². The topological polar surface area (TPSA) is 49.4 Å². The standard InChI is InChI=1S/C16H28N2O2S/c1-13(2)15-6-4-14(5-7-15)12-18-10-8-16(9-11-18)17-21(3,19)20/h4,15-17H,1,5-12H2,2-3H3/t15-/m1/s1. The summed E-state index contributed by atoms with van der Waals surface area (Å²) >= 11 is 0. The Labute approximate surface area is 129 Å². The first kappa shape index (κ1) is 16.7. The lowest BCUT2D eigenvalue weighted by Gasteiger charge is -2.33. The lowest BCUT2D eigenvalue weighted by atomic mass is 9.85. The molecule has 1 atom stereocenters. The predicted octanol–water partition coefficient (Wildman–Crippen LogP) is 2.30. The van der Waals surface area contributed by atoms with Crippen LogP contribution in [0.5, 0.6) is 0 Å². The van der Waals surface area contributed by atoms with Gasteiger partial charge in [-0.05, 0) is 58.0 Å². The number of hydrogen-bond donors (Lipinski definition) is 1. The fraction of sp³-hybridized carbons (Fsp3) is 0.750. The van der Waals surface area contributed by atoms with E-state index in [0.29, 0.717) is 5.92 Å². The first-order valence-corrected chi connectivity index (χ1v) is 9.75. The number of nitrogens with one attached hydrogen (secondary N) is 1. The van der Waals surface area contributed by atoms with Crippen molar-refractivity contribution in [1.82, 2.24) is 9.62 Å². The molecule has 0 aromatic heterocycles. The van der Waals surface area contributed by atoms with Crippen molar-refractivity contribution in [2.75, 3.05) is 25.9 Å². The summed E-state index contributed by atoms with van der Waals surface area (Å²) in [5.74, 6) is 0.665. The molecule has 4 nitrogen and oxygen atoms in total. The minimum atomic E-state index is -3.07. The molecule has 0 aromatic rings. The van der Waals surface area contributed by atoms with Gasteiger partial charge < -0.3 is 0 Å². The van der Waals surface area contributed by atoms with Crippen LogP contribution in [0.3, 0.4) is 0 Å². The largest absolute Gasteiger partial charge is 0.299 e. The van der Waals surface area contributed by atoms with E-state index in [0.717, 1.165) is 38.9 Å². The summed E-state index contributed by atoms with van der Waals surface area (Å²) in [5.41, 5.74) is 2.85. The molecule has 1 saturated heterocycles. The third-order valence-electron chi connectivity index (χ3n) is 4.60. The Balaban J connectivity index is 1.75. The highest BCUT2D eigenvalue weighted by Gasteiger charge is 2.23. The summed E-state index contributed by atoms with van der Waals surface area (Å²) in [6, 6.07) is 0.115. The number of rotatable bonds is 5. The second kappa shape index (κ2) is 7.07. The maximum Gasteiger partial charge on any atom is 0.208 e. The lowest BCUT2D eigenvalue weighted by Crippen LogP contribution is -2.44. The predicted molar refractivity (Wildman–Crippen MR) is 87.7 cm³/mol. The lowest BCUT2D eigenvalue weighted by molar-refractivity contribution is 0.219. The molecular formula is C16H28N2O2S. The van der Waals surface area contributed by atoms with Crippen molar-refractivity contribution in [2.45, 2.75) is 45.1 Å². The maximum atomic E-state index is 11.2. The van der Waals surface area contributed by atoms with Gasteiger partial charge in [-0.25, -0.2) is 13.1 Å². The summed E-state index contributed by atoms with van der Waals surface area (Å²) in [7, 11) is -3.07. The van der Waals surface area contributed by atoms with Crippen LogP contribution in [0.1, 0.15) is 39.0 Å². The molecule has 1 aliphatic carbocycles. The van der Waals surface area contributed by atoms with Crippen molar-refractivity contribution in [2.24, 2.45) is 5.92 Å². The molecule has 21 heavy (non-hydrogen) atoms. The highest BCUT2D eigenvalue weighted by atomic mass is 32.2. The molecule has 2 aliphatic rings. The smallest absolute Gasteiger partial charge is 0.208 e. The Morgan fingerprint density at radius 3 is 2.52 bits per heavy atom. The van der Waals surface area contributed by atoms with Crippen LogP contribution in [-0.4, -0.2) is 45.2 Å². The van der Waals surface area contributed by atoms with Gasteiger partial charge in [-0.3, -0.25) is 4.90 Å². The van der Waals surface area contributed by atoms with E-state index in [1.54, 1.807) is 5.57 Å². The first-order valence-electron chi connectivity index (χ1n) is 7.86. The van der Waals surface area contributed by atoms with E-state index in [1.807, 2.05) is 0 Å². The molecule has 2 rings (SSSR count). The number of hydrogen-bond acceptors (Lipinski definition) is 3. The number of sulfonamides is 1. The van der Waals surface area contributed by atoms with Gasteiger partial charge in [-0.2, -0.15) is 0 Å². The molecule has 120 valence electrons. The minimum Gasteiger partial charge on any atom is -0.299 e. The van der Waals surface area contributed by atoms with Crippen LogP contribution >= 0.6 is 0 Å². The minimum absolute atomic E-state index is 0.115. The number of nitrogens with zero attached hydrogens (tertiary/aromatic N) is 1. The van der Waals surface area contributed by atoms with E-state index in [4.69, 9.17) is 0 Å². The van der Waals surface area contributed by atoms with E-state index in [-0.39, 0.29) is 6.04 Å². The summed E-state index contributed by atoms with van der Waals surface area (Å²) < 4.78 is 25.2. The van der Waals surface area contributed by atoms with Crippen LogP contribution in [0.2, 0.25) is 0 Å². The van der Waals surface area contributed by atoms with Crippen LogP contribution in [0, 0.1) is 5.92 Å². The first-order chi connectivity index (χ1) is 9.83. The molecule has 0 aromatic carbocycles. The average Bonchev–Trinajstić information content (AvgIpc) is 2.40.